The minimum atomic E-state index is 0.272. The van der Waals surface area contributed by atoms with Gasteiger partial charge in [-0.2, -0.15) is 4.98 Å². The van der Waals surface area contributed by atoms with Crippen molar-refractivity contribution < 1.29 is 9.47 Å². The van der Waals surface area contributed by atoms with E-state index in [1.165, 1.54) is 12.8 Å². The van der Waals surface area contributed by atoms with Gasteiger partial charge in [-0.3, -0.25) is 0 Å². The number of nitrogens with two attached hydrogens (primary N) is 2. The number of rotatable bonds is 12. The van der Waals surface area contributed by atoms with Crippen LogP contribution in [-0.2, 0) is 24.5 Å². The predicted octanol–water partition coefficient (Wildman–Crippen LogP) is 4.97. The summed E-state index contributed by atoms with van der Waals surface area (Å²) in [6.07, 6.45) is 5.43. The summed E-state index contributed by atoms with van der Waals surface area (Å²) >= 11 is 0. The Labute approximate surface area is 206 Å². The Balaban J connectivity index is 1.48. The molecule has 2 heterocycles. The summed E-state index contributed by atoms with van der Waals surface area (Å²) in [7, 11) is 1.69. The molecule has 0 saturated heterocycles. The molecule has 0 fully saturated rings. The zero-order valence-corrected chi connectivity index (χ0v) is 20.5. The minimum absolute atomic E-state index is 0.272. The van der Waals surface area contributed by atoms with E-state index < -0.39 is 0 Å². The lowest BCUT2D eigenvalue weighted by Crippen LogP contribution is -2.09. The lowest BCUT2D eigenvalue weighted by Gasteiger charge is -2.14. The van der Waals surface area contributed by atoms with Crippen molar-refractivity contribution in [2.45, 2.75) is 45.9 Å². The van der Waals surface area contributed by atoms with Gasteiger partial charge in [-0.05, 0) is 41.8 Å². The van der Waals surface area contributed by atoms with Crippen LogP contribution < -0.4 is 21.5 Å². The minimum Gasteiger partial charge on any atom is -0.496 e. The monoisotopic (exact) mass is 474 g/mol. The highest BCUT2D eigenvalue weighted by Crippen LogP contribution is 2.27. The number of methoxy groups -OCH3 is 1. The van der Waals surface area contributed by atoms with Gasteiger partial charge < -0.3 is 30.8 Å². The number of fused-ring (bicyclic) bond motifs is 1. The van der Waals surface area contributed by atoms with Crippen LogP contribution in [0.3, 0.4) is 0 Å². The van der Waals surface area contributed by atoms with Crippen molar-refractivity contribution in [2.24, 2.45) is 0 Å². The normalized spacial score (nSPS) is 11.1. The maximum Gasteiger partial charge on any atom is 0.222 e. The Morgan fingerprint density at radius 2 is 1.71 bits per heavy atom. The topological polar surface area (TPSA) is 113 Å². The molecular weight excluding hydrogens is 440 g/mol. The number of ether oxygens (including phenoxy) is 2. The lowest BCUT2D eigenvalue weighted by molar-refractivity contribution is 0.107. The SMILES string of the molecule is CCCCCNc1nc(N)nc2ccn(Cc3ccc(COCc4ccc(N)cc4)cc3OC)c12. The molecule has 35 heavy (non-hydrogen) atoms. The van der Waals surface area contributed by atoms with Gasteiger partial charge in [0.2, 0.25) is 5.95 Å². The first-order valence-electron chi connectivity index (χ1n) is 12.0. The van der Waals surface area contributed by atoms with Crippen LogP contribution in [0.1, 0.15) is 42.9 Å². The third kappa shape index (κ3) is 6.22. The molecule has 8 heteroatoms. The molecule has 8 nitrogen and oxygen atoms in total. The summed E-state index contributed by atoms with van der Waals surface area (Å²) < 4.78 is 13.7. The number of nitrogen functional groups attached to an aromatic ring is 2. The van der Waals surface area contributed by atoms with E-state index in [1.807, 2.05) is 42.6 Å². The molecule has 0 aliphatic rings. The van der Waals surface area contributed by atoms with E-state index in [-0.39, 0.29) is 5.95 Å². The first kappa shape index (κ1) is 24.3. The molecule has 0 atom stereocenters. The molecule has 4 rings (SSSR count). The van der Waals surface area contributed by atoms with Gasteiger partial charge in [0.25, 0.3) is 0 Å². The van der Waals surface area contributed by atoms with Crippen molar-refractivity contribution in [2.75, 3.05) is 30.4 Å². The van der Waals surface area contributed by atoms with E-state index in [1.54, 1.807) is 7.11 Å². The molecule has 0 bridgehead atoms. The average molecular weight is 475 g/mol. The van der Waals surface area contributed by atoms with Crippen molar-refractivity contribution in [3.63, 3.8) is 0 Å². The second-order valence-corrected chi connectivity index (χ2v) is 8.62. The number of anilines is 3. The van der Waals surface area contributed by atoms with Gasteiger partial charge in [-0.25, -0.2) is 4.98 Å². The van der Waals surface area contributed by atoms with Crippen LogP contribution in [0.25, 0.3) is 11.0 Å². The average Bonchev–Trinajstić information content (AvgIpc) is 3.26. The number of nitrogens with one attached hydrogen (secondary N) is 1. The molecule has 0 radical (unpaired) electrons. The van der Waals surface area contributed by atoms with E-state index in [9.17, 15) is 0 Å². The van der Waals surface area contributed by atoms with Gasteiger partial charge in [0, 0.05) is 24.0 Å². The highest BCUT2D eigenvalue weighted by Gasteiger charge is 2.13. The van der Waals surface area contributed by atoms with Crippen LogP contribution in [0.5, 0.6) is 5.75 Å². The number of nitrogens with zero attached hydrogens (tertiary/aromatic N) is 3. The quantitative estimate of drug-likeness (QED) is 0.196. The van der Waals surface area contributed by atoms with E-state index in [2.05, 4.69) is 38.9 Å². The number of hydrogen-bond donors (Lipinski definition) is 3. The third-order valence-electron chi connectivity index (χ3n) is 5.91. The van der Waals surface area contributed by atoms with Crippen molar-refractivity contribution in [3.8, 4) is 5.75 Å². The van der Waals surface area contributed by atoms with Crippen LogP contribution in [0, 0.1) is 0 Å². The summed E-state index contributed by atoms with van der Waals surface area (Å²) in [5.41, 5.74) is 17.4. The Bertz CT molecular complexity index is 1250. The van der Waals surface area contributed by atoms with Crippen molar-refractivity contribution >= 4 is 28.5 Å². The summed E-state index contributed by atoms with van der Waals surface area (Å²) in [4.78, 5) is 8.89. The van der Waals surface area contributed by atoms with Crippen LogP contribution >= 0.6 is 0 Å². The van der Waals surface area contributed by atoms with Crippen LogP contribution in [0.15, 0.2) is 54.7 Å². The molecule has 2 aromatic carbocycles. The van der Waals surface area contributed by atoms with Gasteiger partial charge in [0.1, 0.15) is 11.3 Å². The maximum atomic E-state index is 5.95. The Hall–Kier alpha value is -3.78. The van der Waals surface area contributed by atoms with Crippen molar-refractivity contribution in [1.82, 2.24) is 14.5 Å². The second-order valence-electron chi connectivity index (χ2n) is 8.62. The molecule has 0 spiro atoms. The second kappa shape index (κ2) is 11.6. The highest BCUT2D eigenvalue weighted by molar-refractivity contribution is 5.87. The molecule has 0 unspecified atom stereocenters. The first-order valence-corrected chi connectivity index (χ1v) is 12.0. The zero-order valence-electron chi connectivity index (χ0n) is 20.5. The van der Waals surface area contributed by atoms with Crippen LogP contribution in [0.4, 0.5) is 17.5 Å². The van der Waals surface area contributed by atoms with Crippen molar-refractivity contribution in [1.29, 1.82) is 0 Å². The maximum absolute atomic E-state index is 5.95. The van der Waals surface area contributed by atoms with Crippen LogP contribution in [-0.4, -0.2) is 28.2 Å². The molecule has 2 aromatic heterocycles. The summed E-state index contributed by atoms with van der Waals surface area (Å²) in [6, 6.07) is 15.9. The standard InChI is InChI=1S/C27H34N6O2/c1-3-4-5-13-30-26-25-23(31-27(29)32-26)12-14-33(25)16-21-9-6-20(15-24(21)34-2)18-35-17-19-7-10-22(28)11-8-19/h6-12,14-15H,3-5,13,16-18,28H2,1-2H3,(H3,29,30,31,32). The highest BCUT2D eigenvalue weighted by atomic mass is 16.5. The molecule has 0 saturated carbocycles. The first-order chi connectivity index (χ1) is 17.1. The Morgan fingerprint density at radius 1 is 0.943 bits per heavy atom. The number of benzene rings is 2. The predicted molar refractivity (Wildman–Crippen MR) is 141 cm³/mol. The van der Waals surface area contributed by atoms with E-state index in [0.717, 1.165) is 57.9 Å². The largest absolute Gasteiger partial charge is 0.496 e. The fourth-order valence-electron chi connectivity index (χ4n) is 4.05. The van der Waals surface area contributed by atoms with Gasteiger partial charge in [-0.15, -0.1) is 0 Å². The van der Waals surface area contributed by atoms with E-state index in [0.29, 0.717) is 19.8 Å². The Kier molecular flexibility index (Phi) is 8.05. The molecule has 0 aliphatic carbocycles. The molecular formula is C27H34N6O2. The molecule has 4 aromatic rings. The van der Waals surface area contributed by atoms with Gasteiger partial charge in [0.05, 0.1) is 32.4 Å². The summed E-state index contributed by atoms with van der Waals surface area (Å²) in [6.45, 7) is 4.68. The van der Waals surface area contributed by atoms with Crippen molar-refractivity contribution in [3.05, 3.63) is 71.4 Å². The number of hydrogen-bond acceptors (Lipinski definition) is 7. The van der Waals surface area contributed by atoms with Gasteiger partial charge in [-0.1, -0.05) is 44.0 Å². The molecule has 0 aliphatic heterocycles. The van der Waals surface area contributed by atoms with Gasteiger partial charge in [0.15, 0.2) is 5.82 Å². The number of unbranched alkanes of at least 4 members (excludes halogenated alkanes) is 2. The molecule has 0 amide bonds. The summed E-state index contributed by atoms with van der Waals surface area (Å²) in [5, 5.41) is 3.45. The van der Waals surface area contributed by atoms with E-state index in [4.69, 9.17) is 20.9 Å². The lowest BCUT2D eigenvalue weighted by atomic mass is 10.1. The number of aromatic nitrogens is 3. The fraction of sp³-hybridized carbons (Fsp3) is 0.333. The van der Waals surface area contributed by atoms with Gasteiger partial charge >= 0.3 is 0 Å². The zero-order chi connectivity index (χ0) is 24.6. The third-order valence-corrected chi connectivity index (χ3v) is 5.91. The smallest absolute Gasteiger partial charge is 0.222 e. The van der Waals surface area contributed by atoms with E-state index >= 15 is 0 Å². The molecule has 184 valence electrons. The Morgan fingerprint density at radius 3 is 2.49 bits per heavy atom. The summed E-state index contributed by atoms with van der Waals surface area (Å²) in [5.74, 6) is 1.85. The molecule has 5 N–H and O–H groups in total. The van der Waals surface area contributed by atoms with Crippen LogP contribution in [0.2, 0.25) is 0 Å². The fourth-order valence-corrected chi connectivity index (χ4v) is 4.05.